The number of carbonyl (C=O) groups is 1. The molecule has 4 nitrogen and oxygen atoms in total. The number of rotatable bonds is 1. The maximum atomic E-state index is 10.7. The molecule has 0 bridgehead atoms. The van der Waals surface area contributed by atoms with Gasteiger partial charge in [-0.25, -0.2) is 0 Å². The molecule has 0 spiro atoms. The Hall–Kier alpha value is -1.28. The summed E-state index contributed by atoms with van der Waals surface area (Å²) in [6, 6.07) is 5.25. The first-order valence-corrected chi connectivity index (χ1v) is 4.29. The molecule has 0 aliphatic carbocycles. The Labute approximate surface area is 77.4 Å². The summed E-state index contributed by atoms with van der Waals surface area (Å²) in [5.41, 5.74) is 0.517. The quantitative estimate of drug-likeness (QED) is 0.698. The highest BCUT2D eigenvalue weighted by Gasteiger charge is 2.13. The lowest BCUT2D eigenvalue weighted by atomic mass is 10.3. The van der Waals surface area contributed by atoms with Gasteiger partial charge in [0.05, 0.1) is 0 Å². The van der Waals surface area contributed by atoms with Crippen molar-refractivity contribution >= 4 is 20.6 Å². The first-order chi connectivity index (χ1) is 6.25. The highest BCUT2D eigenvalue weighted by atomic mass is 31.0. The van der Waals surface area contributed by atoms with Crippen molar-refractivity contribution in [3.05, 3.63) is 18.2 Å². The molecule has 0 radical (unpaired) electrons. The van der Waals surface area contributed by atoms with Crippen LogP contribution in [0.25, 0.3) is 0 Å². The third-order valence-electron chi connectivity index (χ3n) is 1.64. The van der Waals surface area contributed by atoms with E-state index in [0.29, 0.717) is 17.2 Å². The summed E-state index contributed by atoms with van der Waals surface area (Å²) in [6.07, 6.45) is 0. The van der Waals surface area contributed by atoms with Gasteiger partial charge in [0.25, 0.3) is 0 Å². The Kier molecular flexibility index (Phi) is 2.07. The second kappa shape index (κ2) is 3.23. The molecule has 0 fully saturated rings. The third kappa shape index (κ3) is 1.73. The molecule has 1 atom stereocenters. The lowest BCUT2D eigenvalue weighted by Crippen LogP contribution is -1.99. The summed E-state index contributed by atoms with van der Waals surface area (Å²) in [5.74, 6) is 1.37. The van der Waals surface area contributed by atoms with Crippen LogP contribution < -0.4 is 14.8 Å². The lowest BCUT2D eigenvalue weighted by molar-refractivity contribution is 0.174. The van der Waals surface area contributed by atoms with Gasteiger partial charge in [0, 0.05) is 11.8 Å². The van der Waals surface area contributed by atoms with Crippen LogP contribution in [0.1, 0.15) is 0 Å². The molecule has 2 rings (SSSR count). The summed E-state index contributed by atoms with van der Waals surface area (Å²) < 4.78 is 10.3. The van der Waals surface area contributed by atoms with E-state index in [1.54, 1.807) is 18.2 Å². The molecule has 1 aromatic rings. The van der Waals surface area contributed by atoms with Crippen LogP contribution >= 0.6 is 9.24 Å². The van der Waals surface area contributed by atoms with Gasteiger partial charge in [-0.15, -0.1) is 0 Å². The number of carbonyl (C=O) groups excluding carboxylic acids is 1. The second-order valence-corrected chi connectivity index (χ2v) is 3.08. The monoisotopic (exact) mass is 197 g/mol. The molecule has 1 aromatic carbocycles. The van der Waals surface area contributed by atoms with E-state index in [4.69, 9.17) is 9.47 Å². The van der Waals surface area contributed by atoms with Gasteiger partial charge in [-0.3, -0.25) is 4.79 Å². The fourth-order valence-corrected chi connectivity index (χ4v) is 1.28. The van der Waals surface area contributed by atoms with E-state index in [1.165, 1.54) is 0 Å². The van der Waals surface area contributed by atoms with Crippen molar-refractivity contribution < 1.29 is 14.3 Å². The molecule has 1 N–H and O–H groups in total. The van der Waals surface area contributed by atoms with E-state index < -0.39 is 0 Å². The van der Waals surface area contributed by atoms with Gasteiger partial charge in [0.2, 0.25) is 12.4 Å². The number of hydrogen-bond acceptors (Lipinski definition) is 3. The Morgan fingerprint density at radius 1 is 1.38 bits per heavy atom. The molecule has 5 heteroatoms. The second-order valence-electron chi connectivity index (χ2n) is 2.56. The highest BCUT2D eigenvalue weighted by Crippen LogP contribution is 2.34. The minimum Gasteiger partial charge on any atom is -0.454 e. The molecule has 1 aliphatic rings. The van der Waals surface area contributed by atoms with E-state index in [-0.39, 0.29) is 12.4 Å². The van der Waals surface area contributed by atoms with E-state index >= 15 is 0 Å². The zero-order chi connectivity index (χ0) is 9.26. The summed E-state index contributed by atoms with van der Waals surface area (Å²) in [5, 5.41) is 2.62. The molecule has 1 unspecified atom stereocenters. The van der Waals surface area contributed by atoms with Gasteiger partial charge in [0.15, 0.2) is 11.5 Å². The zero-order valence-electron chi connectivity index (χ0n) is 6.74. The van der Waals surface area contributed by atoms with Gasteiger partial charge >= 0.3 is 0 Å². The minimum absolute atomic E-state index is 0.182. The molecule has 1 heterocycles. The summed E-state index contributed by atoms with van der Waals surface area (Å²) in [7, 11) is 2.04. The minimum atomic E-state index is -0.182. The fourth-order valence-electron chi connectivity index (χ4n) is 1.12. The Morgan fingerprint density at radius 3 is 2.92 bits per heavy atom. The smallest absolute Gasteiger partial charge is 0.239 e. The van der Waals surface area contributed by atoms with Gasteiger partial charge < -0.3 is 14.8 Å². The SMILES string of the molecule is O=C(P)Nc1ccc2c(c1)OCO2. The van der Waals surface area contributed by atoms with Gasteiger partial charge in [-0.1, -0.05) is 0 Å². The van der Waals surface area contributed by atoms with Crippen molar-refractivity contribution in [3.8, 4) is 11.5 Å². The van der Waals surface area contributed by atoms with Crippen molar-refractivity contribution in [1.29, 1.82) is 0 Å². The Balaban J connectivity index is 2.25. The molecular weight excluding hydrogens is 189 g/mol. The lowest BCUT2D eigenvalue weighted by Gasteiger charge is -2.02. The number of hydrogen-bond donors (Lipinski definition) is 1. The van der Waals surface area contributed by atoms with E-state index in [2.05, 4.69) is 5.32 Å². The van der Waals surface area contributed by atoms with Crippen LogP contribution in [-0.2, 0) is 0 Å². The Morgan fingerprint density at radius 2 is 2.15 bits per heavy atom. The van der Waals surface area contributed by atoms with Crippen LogP contribution in [0.5, 0.6) is 11.5 Å². The zero-order valence-corrected chi connectivity index (χ0v) is 7.90. The standard InChI is InChI=1S/C8H8NO3P/c10-8(13)9-5-1-2-6-7(3-5)12-4-11-6/h1-3H,4,13H2,(H,9,10). The van der Waals surface area contributed by atoms with E-state index in [1.807, 2.05) is 9.24 Å². The van der Waals surface area contributed by atoms with Crippen molar-refractivity contribution in [2.24, 2.45) is 0 Å². The van der Waals surface area contributed by atoms with Gasteiger partial charge in [-0.05, 0) is 21.4 Å². The van der Waals surface area contributed by atoms with Crippen LogP contribution in [0.2, 0.25) is 0 Å². The molecule has 68 valence electrons. The van der Waals surface area contributed by atoms with Crippen molar-refractivity contribution in [3.63, 3.8) is 0 Å². The highest BCUT2D eigenvalue weighted by molar-refractivity contribution is 7.40. The van der Waals surface area contributed by atoms with Crippen LogP contribution in [0, 0.1) is 0 Å². The molecule has 1 aliphatic heterocycles. The number of fused-ring (bicyclic) bond motifs is 1. The number of nitrogens with one attached hydrogen (secondary N) is 1. The van der Waals surface area contributed by atoms with E-state index in [0.717, 1.165) is 0 Å². The first kappa shape index (κ1) is 8.32. The maximum absolute atomic E-state index is 10.7. The molecular formula is C8H8NO3P. The predicted molar refractivity (Wildman–Crippen MR) is 51.3 cm³/mol. The summed E-state index contributed by atoms with van der Waals surface area (Å²) in [4.78, 5) is 10.7. The normalized spacial score (nSPS) is 12.7. The third-order valence-corrected chi connectivity index (χ3v) is 1.78. The number of benzene rings is 1. The number of ether oxygens (including phenoxy) is 2. The van der Waals surface area contributed by atoms with E-state index in [9.17, 15) is 4.79 Å². The van der Waals surface area contributed by atoms with Crippen LogP contribution in [0.15, 0.2) is 18.2 Å². The van der Waals surface area contributed by atoms with Crippen molar-refractivity contribution in [2.75, 3.05) is 12.1 Å². The summed E-state index contributed by atoms with van der Waals surface area (Å²) in [6.45, 7) is 0.244. The van der Waals surface area contributed by atoms with Gasteiger partial charge in [0.1, 0.15) is 0 Å². The number of anilines is 1. The first-order valence-electron chi connectivity index (χ1n) is 3.72. The average molecular weight is 197 g/mol. The van der Waals surface area contributed by atoms with Gasteiger partial charge in [-0.2, -0.15) is 0 Å². The molecule has 13 heavy (non-hydrogen) atoms. The number of amides is 1. The molecule has 0 aromatic heterocycles. The van der Waals surface area contributed by atoms with Crippen LogP contribution in [-0.4, -0.2) is 12.4 Å². The van der Waals surface area contributed by atoms with Crippen LogP contribution in [0.4, 0.5) is 10.5 Å². The fraction of sp³-hybridized carbons (Fsp3) is 0.125. The molecule has 0 saturated carbocycles. The topological polar surface area (TPSA) is 47.6 Å². The maximum Gasteiger partial charge on any atom is 0.239 e. The van der Waals surface area contributed by atoms with Crippen molar-refractivity contribution in [1.82, 2.24) is 0 Å². The molecule has 1 amide bonds. The van der Waals surface area contributed by atoms with Crippen LogP contribution in [0.3, 0.4) is 0 Å². The largest absolute Gasteiger partial charge is 0.454 e. The predicted octanol–water partition coefficient (Wildman–Crippen LogP) is 1.82. The Bertz CT molecular complexity index is 353. The van der Waals surface area contributed by atoms with Crippen molar-refractivity contribution in [2.45, 2.75) is 0 Å². The average Bonchev–Trinajstić information content (AvgIpc) is 2.49. The molecule has 0 saturated heterocycles. The summed E-state index contributed by atoms with van der Waals surface area (Å²) >= 11 is 0.